The van der Waals surface area contributed by atoms with Gasteiger partial charge in [0.25, 0.3) is 0 Å². The molecule has 0 radical (unpaired) electrons. The quantitative estimate of drug-likeness (QED) is 0.651. The highest BCUT2D eigenvalue weighted by atomic mass is 16.5. The Morgan fingerprint density at radius 1 is 1.17 bits per heavy atom. The molecule has 24 heavy (non-hydrogen) atoms. The van der Waals surface area contributed by atoms with Gasteiger partial charge in [0.05, 0.1) is 6.54 Å². The molecule has 0 bridgehead atoms. The molecule has 1 aromatic carbocycles. The van der Waals surface area contributed by atoms with Gasteiger partial charge in [0.15, 0.2) is 11.8 Å². The maximum Gasteiger partial charge on any atom is 0.223 e. The number of rotatable bonds is 5. The second kappa shape index (κ2) is 7.95. The van der Waals surface area contributed by atoms with Gasteiger partial charge in [0.1, 0.15) is 0 Å². The lowest BCUT2D eigenvalue weighted by Gasteiger charge is -2.19. The normalized spacial score (nSPS) is 12.3. The van der Waals surface area contributed by atoms with Crippen molar-refractivity contribution < 1.29 is 4.52 Å². The Morgan fingerprint density at radius 3 is 2.42 bits per heavy atom. The first-order chi connectivity index (χ1) is 11.4. The molecule has 6 heteroatoms. The fraction of sp³-hybridized carbons (Fsp3) is 0.500. The van der Waals surface area contributed by atoms with Gasteiger partial charge < -0.3 is 15.2 Å². The Balaban J connectivity index is 1.77. The maximum absolute atomic E-state index is 4.94. The van der Waals surface area contributed by atoms with Gasteiger partial charge in [-0.2, -0.15) is 4.98 Å². The SMILES string of the molecule is CN=C(NCCc1ccc(C(C)(C)C)cc1)NCc1noc(C)n1. The average Bonchev–Trinajstić information content (AvgIpc) is 2.96. The van der Waals surface area contributed by atoms with E-state index >= 15 is 0 Å². The number of aryl methyl sites for hydroxylation is 1. The van der Waals surface area contributed by atoms with Gasteiger partial charge in [-0.3, -0.25) is 4.99 Å². The fourth-order valence-corrected chi connectivity index (χ4v) is 2.29. The molecule has 6 nitrogen and oxygen atoms in total. The molecule has 2 N–H and O–H groups in total. The molecule has 0 unspecified atom stereocenters. The predicted molar refractivity (Wildman–Crippen MR) is 96.1 cm³/mol. The van der Waals surface area contributed by atoms with Crippen molar-refractivity contribution in [2.45, 2.75) is 46.1 Å². The molecule has 2 aromatic rings. The molecule has 0 aliphatic carbocycles. The van der Waals surface area contributed by atoms with E-state index in [0.29, 0.717) is 18.3 Å². The number of hydrogen-bond acceptors (Lipinski definition) is 4. The van der Waals surface area contributed by atoms with Crippen LogP contribution in [0.15, 0.2) is 33.8 Å². The van der Waals surface area contributed by atoms with Crippen LogP contribution in [-0.4, -0.2) is 29.7 Å². The summed E-state index contributed by atoms with van der Waals surface area (Å²) in [4.78, 5) is 8.35. The monoisotopic (exact) mass is 329 g/mol. The van der Waals surface area contributed by atoms with E-state index in [2.05, 4.69) is 70.8 Å². The summed E-state index contributed by atoms with van der Waals surface area (Å²) in [6.07, 6.45) is 0.937. The van der Waals surface area contributed by atoms with Crippen LogP contribution in [0.1, 0.15) is 43.6 Å². The zero-order valence-corrected chi connectivity index (χ0v) is 15.2. The van der Waals surface area contributed by atoms with Crippen LogP contribution in [0.2, 0.25) is 0 Å². The summed E-state index contributed by atoms with van der Waals surface area (Å²) >= 11 is 0. The largest absolute Gasteiger partial charge is 0.356 e. The molecule has 0 saturated carbocycles. The van der Waals surface area contributed by atoms with Crippen LogP contribution in [0, 0.1) is 6.92 Å². The highest BCUT2D eigenvalue weighted by Crippen LogP contribution is 2.22. The zero-order valence-electron chi connectivity index (χ0n) is 15.2. The number of hydrogen-bond donors (Lipinski definition) is 2. The fourth-order valence-electron chi connectivity index (χ4n) is 2.29. The van der Waals surface area contributed by atoms with Crippen LogP contribution in [-0.2, 0) is 18.4 Å². The van der Waals surface area contributed by atoms with Crippen molar-refractivity contribution in [3.63, 3.8) is 0 Å². The Labute approximate surface area is 143 Å². The summed E-state index contributed by atoms with van der Waals surface area (Å²) in [5.41, 5.74) is 2.85. The molecule has 130 valence electrons. The minimum absolute atomic E-state index is 0.191. The Kier molecular flexibility index (Phi) is 5.95. The Morgan fingerprint density at radius 2 is 1.88 bits per heavy atom. The smallest absolute Gasteiger partial charge is 0.223 e. The third-order valence-electron chi connectivity index (χ3n) is 3.73. The summed E-state index contributed by atoms with van der Waals surface area (Å²) in [6.45, 7) is 9.74. The van der Waals surface area contributed by atoms with E-state index in [0.717, 1.165) is 18.9 Å². The molecule has 0 saturated heterocycles. The van der Waals surface area contributed by atoms with Crippen LogP contribution in [0.25, 0.3) is 0 Å². The minimum Gasteiger partial charge on any atom is -0.356 e. The summed E-state index contributed by atoms with van der Waals surface area (Å²) < 4.78 is 4.94. The summed E-state index contributed by atoms with van der Waals surface area (Å²) in [5, 5.41) is 10.3. The van der Waals surface area contributed by atoms with Crippen molar-refractivity contribution in [3.05, 3.63) is 47.1 Å². The molecular weight excluding hydrogens is 302 g/mol. The van der Waals surface area contributed by atoms with Crippen LogP contribution >= 0.6 is 0 Å². The first-order valence-electron chi connectivity index (χ1n) is 8.21. The maximum atomic E-state index is 4.94. The number of aliphatic imine (C=N–C) groups is 1. The zero-order chi connectivity index (χ0) is 17.6. The van der Waals surface area contributed by atoms with E-state index in [1.807, 2.05) is 0 Å². The summed E-state index contributed by atoms with van der Waals surface area (Å²) in [7, 11) is 1.74. The van der Waals surface area contributed by atoms with Crippen molar-refractivity contribution in [2.24, 2.45) is 4.99 Å². The van der Waals surface area contributed by atoms with Crippen LogP contribution < -0.4 is 10.6 Å². The van der Waals surface area contributed by atoms with Gasteiger partial charge in [-0.05, 0) is 23.0 Å². The van der Waals surface area contributed by atoms with Crippen molar-refractivity contribution in [2.75, 3.05) is 13.6 Å². The summed E-state index contributed by atoms with van der Waals surface area (Å²) in [6, 6.07) is 8.81. The van der Waals surface area contributed by atoms with E-state index in [1.54, 1.807) is 14.0 Å². The lowest BCUT2D eigenvalue weighted by atomic mass is 9.86. The molecule has 0 spiro atoms. The van der Waals surface area contributed by atoms with E-state index in [-0.39, 0.29) is 5.41 Å². The second-order valence-electron chi connectivity index (χ2n) is 6.78. The minimum atomic E-state index is 0.191. The van der Waals surface area contributed by atoms with Gasteiger partial charge in [0.2, 0.25) is 5.89 Å². The average molecular weight is 329 g/mol. The van der Waals surface area contributed by atoms with Crippen molar-refractivity contribution in [1.82, 2.24) is 20.8 Å². The standard InChI is InChI=1S/C18H27N5O/c1-13-22-16(23-24-13)12-21-17(19-5)20-11-10-14-6-8-15(9-7-14)18(2,3)4/h6-9H,10-12H2,1-5H3,(H2,19,20,21). The molecule has 0 amide bonds. The molecule has 0 aliphatic rings. The predicted octanol–water partition coefficient (Wildman–Crippen LogP) is 2.58. The molecule has 1 heterocycles. The van der Waals surface area contributed by atoms with Gasteiger partial charge in [-0.1, -0.05) is 50.2 Å². The number of benzene rings is 1. The van der Waals surface area contributed by atoms with Crippen LogP contribution in [0.3, 0.4) is 0 Å². The first-order valence-corrected chi connectivity index (χ1v) is 8.21. The molecular formula is C18H27N5O. The lowest BCUT2D eigenvalue weighted by molar-refractivity contribution is 0.387. The van der Waals surface area contributed by atoms with E-state index < -0.39 is 0 Å². The van der Waals surface area contributed by atoms with Gasteiger partial charge in [-0.25, -0.2) is 0 Å². The third-order valence-corrected chi connectivity index (χ3v) is 3.73. The van der Waals surface area contributed by atoms with Gasteiger partial charge >= 0.3 is 0 Å². The molecule has 1 aromatic heterocycles. The lowest BCUT2D eigenvalue weighted by Crippen LogP contribution is -2.38. The number of nitrogens with one attached hydrogen (secondary N) is 2. The van der Waals surface area contributed by atoms with Crippen molar-refractivity contribution in [3.8, 4) is 0 Å². The first kappa shape index (κ1) is 18.0. The number of guanidine groups is 1. The van der Waals surface area contributed by atoms with Crippen LogP contribution in [0.4, 0.5) is 0 Å². The third kappa shape index (κ3) is 5.37. The molecule has 0 fully saturated rings. The highest BCUT2D eigenvalue weighted by Gasteiger charge is 2.12. The van der Waals surface area contributed by atoms with Crippen molar-refractivity contribution >= 4 is 5.96 Å². The van der Waals surface area contributed by atoms with E-state index in [4.69, 9.17) is 4.52 Å². The Hall–Kier alpha value is -2.37. The second-order valence-corrected chi connectivity index (χ2v) is 6.78. The molecule has 0 atom stereocenters. The van der Waals surface area contributed by atoms with E-state index in [1.165, 1.54) is 11.1 Å². The molecule has 2 rings (SSSR count). The van der Waals surface area contributed by atoms with Crippen molar-refractivity contribution in [1.29, 1.82) is 0 Å². The van der Waals surface area contributed by atoms with Gasteiger partial charge in [0, 0.05) is 20.5 Å². The van der Waals surface area contributed by atoms with Gasteiger partial charge in [-0.15, -0.1) is 0 Å². The highest BCUT2D eigenvalue weighted by molar-refractivity contribution is 5.79. The summed E-state index contributed by atoms with van der Waals surface area (Å²) in [5.74, 6) is 1.91. The number of aromatic nitrogens is 2. The number of nitrogens with zero attached hydrogens (tertiary/aromatic N) is 3. The Bertz CT molecular complexity index is 667. The molecule has 0 aliphatic heterocycles. The van der Waals surface area contributed by atoms with E-state index in [9.17, 15) is 0 Å². The van der Waals surface area contributed by atoms with Crippen LogP contribution in [0.5, 0.6) is 0 Å². The topological polar surface area (TPSA) is 75.3 Å².